The van der Waals surface area contributed by atoms with Gasteiger partial charge in [0.15, 0.2) is 5.58 Å². The minimum atomic E-state index is -0.0742. The number of oxazole rings is 1. The molecule has 1 saturated carbocycles. The summed E-state index contributed by atoms with van der Waals surface area (Å²) in [4.78, 5) is 10.8. The first-order valence-corrected chi connectivity index (χ1v) is 24.5. The molecule has 0 amide bonds. The summed E-state index contributed by atoms with van der Waals surface area (Å²) in [5.41, 5.74) is 22.4. The van der Waals surface area contributed by atoms with E-state index in [2.05, 4.69) is 193 Å². The Balaban J connectivity index is 1.24. The Morgan fingerprint density at radius 1 is 0.594 bits per heavy atom. The van der Waals surface area contributed by atoms with Gasteiger partial charge in [0.05, 0.1) is 5.54 Å². The monoisotopic (exact) mass is 848 g/mol. The predicted octanol–water partition coefficient (Wildman–Crippen LogP) is 14.1. The smallest absolute Gasteiger partial charge is 0.252 e. The minimum absolute atomic E-state index is 0.00302. The summed E-state index contributed by atoms with van der Waals surface area (Å²) in [5.74, 6) is 0.672. The fourth-order valence-electron chi connectivity index (χ4n) is 13.1. The lowest BCUT2D eigenvalue weighted by atomic mass is 9.33. The van der Waals surface area contributed by atoms with Crippen LogP contribution in [0.4, 0.5) is 28.4 Å². The van der Waals surface area contributed by atoms with Gasteiger partial charge in [-0.25, -0.2) is 4.98 Å². The molecule has 2 aliphatic carbocycles. The van der Waals surface area contributed by atoms with Crippen LogP contribution < -0.4 is 26.2 Å². The predicted molar refractivity (Wildman–Crippen MR) is 273 cm³/mol. The number of anilines is 5. The Bertz CT molecular complexity index is 2950. The van der Waals surface area contributed by atoms with Crippen LogP contribution in [0.25, 0.3) is 22.6 Å². The third-order valence-corrected chi connectivity index (χ3v) is 17.3. The van der Waals surface area contributed by atoms with Gasteiger partial charge < -0.3 is 14.2 Å². The van der Waals surface area contributed by atoms with Gasteiger partial charge >= 0.3 is 0 Å². The Hall–Kier alpha value is -4.77. The van der Waals surface area contributed by atoms with Crippen LogP contribution in [0, 0.1) is 0 Å². The number of nitrogens with zero attached hydrogens (tertiary/aromatic N) is 3. The molecule has 3 aliphatic heterocycles. The van der Waals surface area contributed by atoms with E-state index in [0.29, 0.717) is 5.89 Å². The van der Waals surface area contributed by atoms with E-state index < -0.39 is 0 Å². The first-order valence-electron chi connectivity index (χ1n) is 24.5. The van der Waals surface area contributed by atoms with Crippen molar-refractivity contribution in [2.24, 2.45) is 0 Å². The van der Waals surface area contributed by atoms with Crippen LogP contribution in [0.15, 0.2) is 83.3 Å². The van der Waals surface area contributed by atoms with E-state index in [4.69, 9.17) is 9.40 Å². The lowest BCUT2D eigenvalue weighted by molar-refractivity contribution is 0.193. The number of hydrogen-bond donors (Lipinski definition) is 0. The van der Waals surface area contributed by atoms with Gasteiger partial charge in [0.1, 0.15) is 5.52 Å². The summed E-state index contributed by atoms with van der Waals surface area (Å²) in [6.45, 7) is 36.3. The zero-order valence-corrected chi connectivity index (χ0v) is 41.6. The molecule has 0 saturated heterocycles. The van der Waals surface area contributed by atoms with Crippen molar-refractivity contribution in [2.45, 2.75) is 180 Å². The maximum Gasteiger partial charge on any atom is 0.252 e. The van der Waals surface area contributed by atoms with Crippen LogP contribution in [0.3, 0.4) is 0 Å². The summed E-state index contributed by atoms with van der Waals surface area (Å²) >= 11 is 0. The molecule has 2 atom stereocenters. The first kappa shape index (κ1) is 41.9. The second-order valence-corrected chi connectivity index (χ2v) is 25.5. The van der Waals surface area contributed by atoms with E-state index in [1.165, 1.54) is 111 Å². The molecule has 0 spiro atoms. The highest BCUT2D eigenvalue weighted by Crippen LogP contribution is 2.64. The van der Waals surface area contributed by atoms with Gasteiger partial charge in [0.25, 0.3) is 6.71 Å². The molecule has 5 aliphatic rings. The molecule has 4 nitrogen and oxygen atoms in total. The van der Waals surface area contributed by atoms with Crippen molar-refractivity contribution in [3.05, 3.63) is 112 Å². The van der Waals surface area contributed by atoms with Crippen molar-refractivity contribution in [1.82, 2.24) is 4.98 Å². The molecule has 6 aromatic rings. The average Bonchev–Trinajstić information content (AvgIpc) is 3.73. The van der Waals surface area contributed by atoms with Gasteiger partial charge in [-0.3, -0.25) is 0 Å². The molecule has 0 radical (unpaired) electrons. The second-order valence-electron chi connectivity index (χ2n) is 25.5. The van der Waals surface area contributed by atoms with E-state index >= 15 is 0 Å². The average molecular weight is 848 g/mol. The van der Waals surface area contributed by atoms with E-state index in [-0.39, 0.29) is 44.7 Å². The third-order valence-electron chi connectivity index (χ3n) is 17.3. The zero-order chi connectivity index (χ0) is 45.5. The minimum Gasteiger partial charge on any atom is -0.436 e. The van der Waals surface area contributed by atoms with Crippen molar-refractivity contribution in [1.29, 1.82) is 0 Å². The standard InChI is InChI=1S/C59H70BN3O/c1-53(2,3)36-20-18-35(19-21-36)52-61-44-34-45-43(33-48(44)64-52)60-42-25-24-40(55(7,8)9)49-51(42)63(59(15)27-17-16-26-58(49,59)14)47-31-37(54(4,5)6)30-46(50(47)60)62(45)38-22-23-39-41(32-38)57(12,13)29-28-56(39,10)11/h18-25,30-34H,16-17,26-29H2,1-15H3. The molecule has 5 heteroatoms. The van der Waals surface area contributed by atoms with Crippen molar-refractivity contribution >= 4 is 62.6 Å². The normalized spacial score (nSPS) is 22.8. The summed E-state index contributed by atoms with van der Waals surface area (Å²) in [5, 5.41) is 0. The fraction of sp³-hybridized carbons (Fsp3) is 0.475. The van der Waals surface area contributed by atoms with Crippen LogP contribution >= 0.6 is 0 Å². The Labute approximate surface area is 384 Å². The van der Waals surface area contributed by atoms with E-state index in [9.17, 15) is 0 Å². The van der Waals surface area contributed by atoms with Crippen molar-refractivity contribution in [3.63, 3.8) is 0 Å². The highest BCUT2D eigenvalue weighted by Gasteiger charge is 2.62. The highest BCUT2D eigenvalue weighted by molar-refractivity contribution is 7.00. The van der Waals surface area contributed by atoms with Crippen LogP contribution in [0.5, 0.6) is 0 Å². The third kappa shape index (κ3) is 5.70. The van der Waals surface area contributed by atoms with Crippen LogP contribution in [0.1, 0.15) is 176 Å². The number of aromatic nitrogens is 1. The van der Waals surface area contributed by atoms with E-state index in [1.54, 1.807) is 5.56 Å². The van der Waals surface area contributed by atoms with Crippen molar-refractivity contribution < 1.29 is 4.42 Å². The lowest BCUT2D eigenvalue weighted by Crippen LogP contribution is -2.64. The molecular formula is C59H70BN3O. The molecule has 1 aromatic heterocycles. The quantitative estimate of drug-likeness (QED) is 0.162. The Morgan fingerprint density at radius 3 is 1.92 bits per heavy atom. The number of benzene rings is 5. The molecule has 0 N–H and O–H groups in total. The molecule has 330 valence electrons. The maximum atomic E-state index is 6.88. The fourth-order valence-corrected chi connectivity index (χ4v) is 13.1. The number of hydrogen-bond acceptors (Lipinski definition) is 4. The van der Waals surface area contributed by atoms with Gasteiger partial charge in [-0.05, 0) is 158 Å². The van der Waals surface area contributed by atoms with E-state index in [1.807, 2.05) is 0 Å². The first-order chi connectivity index (χ1) is 29.8. The number of fused-ring (bicyclic) bond motifs is 9. The molecule has 2 unspecified atom stereocenters. The van der Waals surface area contributed by atoms with Gasteiger partial charge in [-0.15, -0.1) is 0 Å². The molecule has 4 heterocycles. The molecule has 64 heavy (non-hydrogen) atoms. The zero-order valence-electron chi connectivity index (χ0n) is 41.6. The molecule has 1 fully saturated rings. The SMILES string of the molecule is CC(C)(C)c1ccc(-c2nc3cc4c(cc3o2)B2c3ccc(C(C)(C)C)c5c3N(c3cc(C(C)(C)C)cc(c32)N4c2ccc3c(c2)C(C)(C)CCC3(C)C)C2(C)CCCCC52C)cc1. The van der Waals surface area contributed by atoms with Crippen molar-refractivity contribution in [3.8, 4) is 11.5 Å². The largest absolute Gasteiger partial charge is 0.436 e. The van der Waals surface area contributed by atoms with Crippen LogP contribution in [-0.4, -0.2) is 17.2 Å². The molecule has 5 aromatic carbocycles. The highest BCUT2D eigenvalue weighted by atomic mass is 16.3. The summed E-state index contributed by atoms with van der Waals surface area (Å²) in [6.07, 6.45) is 7.26. The maximum absolute atomic E-state index is 6.88. The summed E-state index contributed by atoms with van der Waals surface area (Å²) < 4.78 is 6.88. The van der Waals surface area contributed by atoms with Crippen LogP contribution in [0.2, 0.25) is 0 Å². The van der Waals surface area contributed by atoms with Gasteiger partial charge in [0.2, 0.25) is 5.89 Å². The summed E-state index contributed by atoms with van der Waals surface area (Å²) in [6, 6.07) is 31.3. The van der Waals surface area contributed by atoms with E-state index in [0.717, 1.165) is 16.7 Å². The van der Waals surface area contributed by atoms with Crippen molar-refractivity contribution in [2.75, 3.05) is 9.80 Å². The Kier molecular flexibility index (Phi) is 8.50. The van der Waals surface area contributed by atoms with Crippen LogP contribution in [-0.2, 0) is 32.5 Å². The molecule has 0 bridgehead atoms. The Morgan fingerprint density at radius 2 is 1.25 bits per heavy atom. The summed E-state index contributed by atoms with van der Waals surface area (Å²) in [7, 11) is 0. The van der Waals surface area contributed by atoms with Gasteiger partial charge in [-0.2, -0.15) is 0 Å². The number of rotatable bonds is 2. The van der Waals surface area contributed by atoms with Gasteiger partial charge in [0, 0.05) is 39.4 Å². The molecule has 11 rings (SSSR count). The second kappa shape index (κ2) is 13.0. The lowest BCUT2D eigenvalue weighted by Gasteiger charge is -2.53. The topological polar surface area (TPSA) is 32.5 Å². The van der Waals surface area contributed by atoms with Gasteiger partial charge in [-0.1, -0.05) is 140 Å². The molecular weight excluding hydrogens is 777 g/mol.